The molecule has 0 radical (unpaired) electrons. The second-order valence-corrected chi connectivity index (χ2v) is 6.98. The van der Waals surface area contributed by atoms with Crippen LogP contribution in [0.2, 0.25) is 0 Å². The minimum Gasteiger partial charge on any atom is -0.471 e. The van der Waals surface area contributed by atoms with Crippen LogP contribution in [0, 0.1) is 11.3 Å². The summed E-state index contributed by atoms with van der Waals surface area (Å²) < 4.78 is 33.5. The van der Waals surface area contributed by atoms with Gasteiger partial charge in [-0.25, -0.2) is 23.4 Å². The van der Waals surface area contributed by atoms with Gasteiger partial charge in [0.05, 0.1) is 12.9 Å². The number of nitrogens with zero attached hydrogens (tertiary/aromatic N) is 6. The van der Waals surface area contributed by atoms with E-state index in [1.54, 1.807) is 11.6 Å². The molecule has 3 heterocycles. The molecule has 0 bridgehead atoms. The Morgan fingerprint density at radius 3 is 2.83 bits per heavy atom. The normalized spacial score (nSPS) is 18.7. The standard InChI is InChI=1S/C13H14N6O3S/c1-18-8-12(17-9-18)23(20,21)19-5-2-10(7-19)22-13-11(6-14)15-3-4-16-13/h3-4,8-10H,2,5,7H2,1H3/t10-/m1/s1. The maximum Gasteiger partial charge on any atom is 0.262 e. The Balaban J connectivity index is 1.73. The van der Waals surface area contributed by atoms with Crippen molar-refractivity contribution in [1.82, 2.24) is 23.8 Å². The van der Waals surface area contributed by atoms with E-state index < -0.39 is 10.0 Å². The van der Waals surface area contributed by atoms with Crippen molar-refractivity contribution in [2.24, 2.45) is 7.05 Å². The Morgan fingerprint density at radius 1 is 1.35 bits per heavy atom. The summed E-state index contributed by atoms with van der Waals surface area (Å²) in [6, 6.07) is 1.90. The quantitative estimate of drug-likeness (QED) is 0.768. The van der Waals surface area contributed by atoms with E-state index in [0.717, 1.165) is 0 Å². The molecule has 2 aromatic rings. The zero-order chi connectivity index (χ0) is 16.4. The van der Waals surface area contributed by atoms with Gasteiger partial charge in [-0.2, -0.15) is 9.57 Å². The smallest absolute Gasteiger partial charge is 0.262 e. The summed E-state index contributed by atoms with van der Waals surface area (Å²) in [6.45, 7) is 0.506. The molecule has 0 saturated carbocycles. The molecule has 3 rings (SSSR count). The molecule has 1 atom stereocenters. The molecule has 2 aromatic heterocycles. The van der Waals surface area contributed by atoms with Crippen LogP contribution in [0.25, 0.3) is 0 Å². The van der Waals surface area contributed by atoms with Crippen molar-refractivity contribution in [3.8, 4) is 11.9 Å². The molecule has 0 aromatic carbocycles. The van der Waals surface area contributed by atoms with E-state index in [4.69, 9.17) is 10.00 Å². The van der Waals surface area contributed by atoms with Gasteiger partial charge in [0, 0.05) is 32.2 Å². The lowest BCUT2D eigenvalue weighted by atomic mass is 10.3. The fourth-order valence-electron chi connectivity index (χ4n) is 2.31. The summed E-state index contributed by atoms with van der Waals surface area (Å²) in [6.07, 6.45) is 5.85. The predicted octanol–water partition coefficient (Wildman–Crippen LogP) is -0.0762. The first-order valence-corrected chi connectivity index (χ1v) is 8.30. The molecule has 0 aliphatic carbocycles. The molecule has 1 fully saturated rings. The van der Waals surface area contributed by atoms with Gasteiger partial charge in [0.2, 0.25) is 5.69 Å². The lowest BCUT2D eigenvalue weighted by Crippen LogP contribution is -2.31. The largest absolute Gasteiger partial charge is 0.471 e. The Kier molecular flexibility index (Phi) is 3.97. The molecule has 1 aliphatic heterocycles. The number of ether oxygens (including phenoxy) is 1. The molecule has 0 unspecified atom stereocenters. The van der Waals surface area contributed by atoms with E-state index in [-0.39, 0.29) is 29.2 Å². The molecular weight excluding hydrogens is 320 g/mol. The van der Waals surface area contributed by atoms with Crippen molar-refractivity contribution >= 4 is 10.0 Å². The minimum absolute atomic E-state index is 0.0119. The van der Waals surface area contributed by atoms with E-state index in [1.807, 2.05) is 6.07 Å². The van der Waals surface area contributed by atoms with Gasteiger partial charge in [-0.1, -0.05) is 0 Å². The van der Waals surface area contributed by atoms with Gasteiger partial charge in [-0.15, -0.1) is 0 Å². The average molecular weight is 334 g/mol. The third-order valence-corrected chi connectivity index (χ3v) is 5.19. The number of hydrogen-bond donors (Lipinski definition) is 0. The first-order valence-electron chi connectivity index (χ1n) is 6.86. The van der Waals surface area contributed by atoms with Gasteiger partial charge in [0.25, 0.3) is 15.9 Å². The molecule has 0 amide bonds. The van der Waals surface area contributed by atoms with Crippen LogP contribution in [0.1, 0.15) is 12.1 Å². The second kappa shape index (κ2) is 5.94. The SMILES string of the molecule is Cn1cnc(S(=O)(=O)N2CC[C@@H](Oc3nccnc3C#N)C2)c1. The molecular formula is C13H14N6O3S. The van der Waals surface area contributed by atoms with Crippen molar-refractivity contribution in [1.29, 1.82) is 5.26 Å². The van der Waals surface area contributed by atoms with Gasteiger partial charge in [-0.05, 0) is 6.42 Å². The van der Waals surface area contributed by atoms with Crippen LogP contribution in [-0.2, 0) is 17.1 Å². The second-order valence-electron chi connectivity index (χ2n) is 5.09. The molecule has 1 saturated heterocycles. The molecule has 9 nitrogen and oxygen atoms in total. The number of rotatable bonds is 4. The fourth-order valence-corrected chi connectivity index (χ4v) is 3.77. The van der Waals surface area contributed by atoms with Crippen molar-refractivity contribution in [3.05, 3.63) is 30.6 Å². The molecule has 23 heavy (non-hydrogen) atoms. The van der Waals surface area contributed by atoms with E-state index >= 15 is 0 Å². The first kappa shape index (κ1) is 15.4. The van der Waals surface area contributed by atoms with E-state index in [0.29, 0.717) is 13.0 Å². The van der Waals surface area contributed by atoms with E-state index in [9.17, 15) is 8.42 Å². The summed E-state index contributed by atoms with van der Waals surface area (Å²) in [5, 5.41) is 8.99. The monoisotopic (exact) mass is 334 g/mol. The van der Waals surface area contributed by atoms with Crippen molar-refractivity contribution in [3.63, 3.8) is 0 Å². The summed E-state index contributed by atoms with van der Waals surface area (Å²) in [4.78, 5) is 11.7. The predicted molar refractivity (Wildman–Crippen MR) is 77.7 cm³/mol. The first-order chi connectivity index (χ1) is 11.0. The van der Waals surface area contributed by atoms with Crippen LogP contribution in [0.4, 0.5) is 0 Å². The Hall–Kier alpha value is -2.51. The van der Waals surface area contributed by atoms with E-state index in [2.05, 4.69) is 15.0 Å². The van der Waals surface area contributed by atoms with Crippen LogP contribution in [0.3, 0.4) is 0 Å². The number of imidazole rings is 1. The van der Waals surface area contributed by atoms with Crippen LogP contribution < -0.4 is 4.74 Å². The maximum atomic E-state index is 12.5. The van der Waals surface area contributed by atoms with Crippen molar-refractivity contribution in [2.75, 3.05) is 13.1 Å². The topological polar surface area (TPSA) is 114 Å². The van der Waals surface area contributed by atoms with Crippen LogP contribution in [-0.4, -0.2) is 51.4 Å². The average Bonchev–Trinajstić information content (AvgIpc) is 3.17. The highest BCUT2D eigenvalue weighted by Gasteiger charge is 2.35. The Bertz CT molecular complexity index is 857. The number of nitriles is 1. The minimum atomic E-state index is -3.64. The molecule has 10 heteroatoms. The number of sulfonamides is 1. The molecule has 1 aliphatic rings. The van der Waals surface area contributed by atoms with Crippen LogP contribution in [0.5, 0.6) is 5.88 Å². The summed E-state index contributed by atoms with van der Waals surface area (Å²) in [5.41, 5.74) is 0.0820. The van der Waals surface area contributed by atoms with Gasteiger partial charge in [-0.3, -0.25) is 0 Å². The zero-order valence-electron chi connectivity index (χ0n) is 12.3. The van der Waals surface area contributed by atoms with Gasteiger partial charge in [0.1, 0.15) is 12.2 Å². The third kappa shape index (κ3) is 3.01. The lowest BCUT2D eigenvalue weighted by Gasteiger charge is -2.15. The zero-order valence-corrected chi connectivity index (χ0v) is 13.1. The Labute approximate surface area is 133 Å². The van der Waals surface area contributed by atoms with Crippen LogP contribution >= 0.6 is 0 Å². The number of hydrogen-bond acceptors (Lipinski definition) is 7. The Morgan fingerprint density at radius 2 is 2.13 bits per heavy atom. The van der Waals surface area contributed by atoms with Crippen molar-refractivity contribution < 1.29 is 13.2 Å². The van der Waals surface area contributed by atoms with E-state index in [1.165, 1.54) is 29.2 Å². The molecule has 0 spiro atoms. The molecule has 0 N–H and O–H groups in total. The highest BCUT2D eigenvalue weighted by Crippen LogP contribution is 2.23. The van der Waals surface area contributed by atoms with Crippen LogP contribution in [0.15, 0.2) is 29.9 Å². The summed E-state index contributed by atoms with van der Waals surface area (Å²) in [5.74, 6) is 0.122. The van der Waals surface area contributed by atoms with Crippen molar-refractivity contribution in [2.45, 2.75) is 17.6 Å². The summed E-state index contributed by atoms with van der Waals surface area (Å²) in [7, 11) is -1.93. The van der Waals surface area contributed by atoms with Gasteiger partial charge < -0.3 is 9.30 Å². The third-order valence-electron chi connectivity index (χ3n) is 3.44. The number of aromatic nitrogens is 4. The summed E-state index contributed by atoms with van der Waals surface area (Å²) >= 11 is 0. The molecule has 120 valence electrons. The number of aryl methyl sites for hydroxylation is 1. The fraction of sp³-hybridized carbons (Fsp3) is 0.385. The highest BCUT2D eigenvalue weighted by atomic mass is 32.2. The highest BCUT2D eigenvalue weighted by molar-refractivity contribution is 7.89. The lowest BCUT2D eigenvalue weighted by molar-refractivity contribution is 0.205. The maximum absolute atomic E-state index is 12.5. The van der Waals surface area contributed by atoms with Gasteiger partial charge in [0.15, 0.2) is 5.03 Å². The van der Waals surface area contributed by atoms with Gasteiger partial charge >= 0.3 is 0 Å².